The molecular formula is C26H35FN4O4S. The summed E-state index contributed by atoms with van der Waals surface area (Å²) in [6.45, 7) is 1.25. The van der Waals surface area contributed by atoms with Gasteiger partial charge in [-0.1, -0.05) is 49.6 Å². The van der Waals surface area contributed by atoms with E-state index in [1.165, 1.54) is 31.1 Å². The first-order valence-corrected chi connectivity index (χ1v) is 13.6. The van der Waals surface area contributed by atoms with Gasteiger partial charge in [-0.15, -0.1) is 0 Å². The molecule has 2 aromatic carbocycles. The summed E-state index contributed by atoms with van der Waals surface area (Å²) in [6, 6.07) is 13.4. The molecule has 0 aliphatic heterocycles. The Morgan fingerprint density at radius 2 is 1.61 bits per heavy atom. The first-order valence-electron chi connectivity index (χ1n) is 12.2. The zero-order chi connectivity index (χ0) is 26.3. The molecule has 1 atom stereocenters. The van der Waals surface area contributed by atoms with Gasteiger partial charge in [-0.25, -0.2) is 8.70 Å². The molecule has 1 unspecified atom stereocenters. The Morgan fingerprint density at radius 3 is 2.19 bits per heavy atom. The monoisotopic (exact) mass is 518 g/mol. The van der Waals surface area contributed by atoms with Crippen LogP contribution in [0.15, 0.2) is 54.6 Å². The summed E-state index contributed by atoms with van der Waals surface area (Å²) in [7, 11) is -1.36. The molecule has 2 aromatic rings. The summed E-state index contributed by atoms with van der Waals surface area (Å²) in [5.41, 5.74) is 0.962. The zero-order valence-corrected chi connectivity index (χ0v) is 21.9. The van der Waals surface area contributed by atoms with E-state index in [0.717, 1.165) is 58.4 Å². The van der Waals surface area contributed by atoms with Crippen LogP contribution in [0.2, 0.25) is 0 Å². The van der Waals surface area contributed by atoms with Crippen LogP contribution in [-0.4, -0.2) is 62.2 Å². The minimum absolute atomic E-state index is 0.0761. The van der Waals surface area contributed by atoms with Crippen LogP contribution < -0.4 is 9.62 Å². The highest BCUT2D eigenvalue weighted by Gasteiger charge is 2.33. The average molecular weight is 519 g/mol. The van der Waals surface area contributed by atoms with Gasteiger partial charge in [0.1, 0.15) is 18.4 Å². The van der Waals surface area contributed by atoms with E-state index >= 15 is 0 Å². The summed E-state index contributed by atoms with van der Waals surface area (Å²) in [4.78, 5) is 28.2. The van der Waals surface area contributed by atoms with Gasteiger partial charge in [-0.2, -0.15) is 12.7 Å². The number of benzene rings is 2. The fourth-order valence-electron chi connectivity index (χ4n) is 4.26. The molecule has 10 heteroatoms. The Kier molecular flexibility index (Phi) is 9.44. The van der Waals surface area contributed by atoms with Gasteiger partial charge in [0.05, 0.1) is 5.69 Å². The smallest absolute Gasteiger partial charge is 0.304 e. The maximum Gasteiger partial charge on any atom is 0.304 e. The van der Waals surface area contributed by atoms with Gasteiger partial charge in [-0.05, 0) is 49.6 Å². The van der Waals surface area contributed by atoms with Gasteiger partial charge in [-0.3, -0.25) is 9.59 Å². The fraction of sp³-hybridized carbons (Fsp3) is 0.462. The van der Waals surface area contributed by atoms with Crippen molar-refractivity contribution in [1.82, 2.24) is 14.5 Å². The van der Waals surface area contributed by atoms with E-state index in [1.807, 2.05) is 30.3 Å². The second-order valence-electron chi connectivity index (χ2n) is 9.30. The fourth-order valence-corrected chi connectivity index (χ4v) is 5.31. The van der Waals surface area contributed by atoms with E-state index in [9.17, 15) is 22.4 Å². The van der Waals surface area contributed by atoms with Gasteiger partial charge >= 0.3 is 10.2 Å². The van der Waals surface area contributed by atoms with E-state index in [4.69, 9.17) is 0 Å². The number of nitrogens with one attached hydrogen (secondary N) is 1. The Hall–Kier alpha value is -2.98. The second-order valence-corrected chi connectivity index (χ2v) is 11.4. The lowest BCUT2D eigenvalue weighted by Crippen LogP contribution is -2.53. The van der Waals surface area contributed by atoms with E-state index in [-0.39, 0.29) is 24.2 Å². The van der Waals surface area contributed by atoms with E-state index in [0.29, 0.717) is 0 Å². The highest BCUT2D eigenvalue weighted by molar-refractivity contribution is 7.90. The molecule has 0 radical (unpaired) electrons. The number of carbonyl (C=O) groups is 2. The molecule has 8 nitrogen and oxygen atoms in total. The maximum atomic E-state index is 13.7. The Morgan fingerprint density at radius 1 is 1.00 bits per heavy atom. The molecule has 0 saturated heterocycles. The van der Waals surface area contributed by atoms with Crippen molar-refractivity contribution in [3.63, 3.8) is 0 Å². The molecular weight excluding hydrogens is 483 g/mol. The van der Waals surface area contributed by atoms with E-state index < -0.39 is 34.5 Å². The predicted octanol–water partition coefficient (Wildman–Crippen LogP) is 3.30. The molecule has 196 valence electrons. The van der Waals surface area contributed by atoms with Crippen LogP contribution >= 0.6 is 0 Å². The van der Waals surface area contributed by atoms with E-state index in [1.54, 1.807) is 6.92 Å². The van der Waals surface area contributed by atoms with Crippen molar-refractivity contribution in [3.05, 3.63) is 66.0 Å². The number of anilines is 1. The van der Waals surface area contributed by atoms with Gasteiger partial charge < -0.3 is 10.2 Å². The van der Waals surface area contributed by atoms with Crippen LogP contribution in [0, 0.1) is 5.82 Å². The molecule has 0 spiro atoms. The van der Waals surface area contributed by atoms with Gasteiger partial charge in [0.15, 0.2) is 0 Å². The van der Waals surface area contributed by atoms with Crippen LogP contribution in [0.4, 0.5) is 10.1 Å². The van der Waals surface area contributed by atoms with Crippen molar-refractivity contribution in [2.75, 3.05) is 24.9 Å². The third-order valence-electron chi connectivity index (χ3n) is 6.45. The molecule has 0 heterocycles. The lowest BCUT2D eigenvalue weighted by molar-refractivity contribution is -0.139. The molecule has 1 fully saturated rings. The highest BCUT2D eigenvalue weighted by atomic mass is 32.2. The number of amides is 2. The maximum absolute atomic E-state index is 13.7. The van der Waals surface area contributed by atoms with Crippen LogP contribution in [0.25, 0.3) is 0 Å². The Labute approximate surface area is 213 Å². The summed E-state index contributed by atoms with van der Waals surface area (Å²) >= 11 is 0. The highest BCUT2D eigenvalue weighted by Crippen LogP contribution is 2.22. The third kappa shape index (κ3) is 7.04. The first-order chi connectivity index (χ1) is 17.1. The van der Waals surface area contributed by atoms with Crippen molar-refractivity contribution in [1.29, 1.82) is 0 Å². The molecule has 2 amide bonds. The standard InChI is InChI=1S/C26H35FN4O4S/c1-20(26(33)28-23-12-8-5-9-13-23)30(18-21-10-6-4-7-11-21)25(32)19-31(36(34,35)29(2)3)24-16-14-22(27)15-17-24/h4,6-7,10-11,14-17,20,23H,5,8-9,12-13,18-19H2,1-3H3,(H,28,33). The molecule has 36 heavy (non-hydrogen) atoms. The molecule has 0 aromatic heterocycles. The summed E-state index contributed by atoms with van der Waals surface area (Å²) in [5.74, 6) is -1.33. The lowest BCUT2D eigenvalue weighted by atomic mass is 9.95. The number of carbonyl (C=O) groups excluding carboxylic acids is 2. The number of hydrogen-bond donors (Lipinski definition) is 1. The largest absolute Gasteiger partial charge is 0.352 e. The topological polar surface area (TPSA) is 90.0 Å². The number of nitrogens with zero attached hydrogens (tertiary/aromatic N) is 3. The predicted molar refractivity (Wildman–Crippen MR) is 138 cm³/mol. The van der Waals surface area contributed by atoms with Crippen molar-refractivity contribution in [2.45, 2.75) is 57.7 Å². The van der Waals surface area contributed by atoms with Crippen LogP contribution in [0.3, 0.4) is 0 Å². The van der Waals surface area contributed by atoms with Crippen LogP contribution in [-0.2, 0) is 26.3 Å². The van der Waals surface area contributed by atoms with Crippen LogP contribution in [0.5, 0.6) is 0 Å². The quantitative estimate of drug-likeness (QED) is 0.523. The lowest BCUT2D eigenvalue weighted by Gasteiger charge is -2.33. The van der Waals surface area contributed by atoms with Crippen molar-refractivity contribution in [2.24, 2.45) is 0 Å². The Balaban J connectivity index is 1.89. The number of rotatable bonds is 10. The zero-order valence-electron chi connectivity index (χ0n) is 21.1. The third-order valence-corrected chi connectivity index (χ3v) is 8.27. The number of hydrogen-bond acceptors (Lipinski definition) is 4. The van der Waals surface area contributed by atoms with Gasteiger partial charge in [0.2, 0.25) is 11.8 Å². The summed E-state index contributed by atoms with van der Waals surface area (Å²) in [6.07, 6.45) is 5.08. The Bertz CT molecular complexity index is 1120. The second kappa shape index (κ2) is 12.3. The molecule has 1 aliphatic carbocycles. The minimum Gasteiger partial charge on any atom is -0.352 e. The molecule has 1 aliphatic rings. The molecule has 3 rings (SSSR count). The van der Waals surface area contributed by atoms with Crippen molar-refractivity contribution in [3.8, 4) is 0 Å². The first kappa shape index (κ1) is 27.6. The van der Waals surface area contributed by atoms with Crippen LogP contribution in [0.1, 0.15) is 44.6 Å². The van der Waals surface area contributed by atoms with Crippen molar-refractivity contribution < 1.29 is 22.4 Å². The molecule has 1 saturated carbocycles. The van der Waals surface area contributed by atoms with Gasteiger partial charge in [0.25, 0.3) is 0 Å². The van der Waals surface area contributed by atoms with E-state index in [2.05, 4.69) is 5.32 Å². The summed E-state index contributed by atoms with van der Waals surface area (Å²) in [5, 5.41) is 3.06. The molecule has 0 bridgehead atoms. The average Bonchev–Trinajstić information content (AvgIpc) is 2.87. The summed E-state index contributed by atoms with van der Waals surface area (Å²) < 4.78 is 41.7. The normalized spacial score (nSPS) is 15.4. The molecule has 1 N–H and O–H groups in total. The minimum atomic E-state index is -4.08. The number of halogens is 1. The SMILES string of the molecule is CC(C(=O)NC1CCCCC1)N(Cc1ccccc1)C(=O)CN(c1ccc(F)cc1)S(=O)(=O)N(C)C. The van der Waals surface area contributed by atoms with Gasteiger partial charge in [0, 0.05) is 26.7 Å². The van der Waals surface area contributed by atoms with Crippen molar-refractivity contribution >= 4 is 27.7 Å².